The third-order valence-electron chi connectivity index (χ3n) is 5.44. The summed E-state index contributed by atoms with van der Waals surface area (Å²) in [5.41, 5.74) is 2.76. The van der Waals surface area contributed by atoms with E-state index in [0.717, 1.165) is 82.3 Å². The molecule has 144 valence electrons. The minimum Gasteiger partial charge on any atom is -0.379 e. The Balaban J connectivity index is 1.29. The maximum atomic E-state index is 12.9. The molecule has 1 amide bonds. The lowest BCUT2D eigenvalue weighted by Crippen LogP contribution is -2.51. The number of H-pyrrole nitrogens is 1. The van der Waals surface area contributed by atoms with Gasteiger partial charge in [0.15, 0.2) is 0 Å². The molecule has 27 heavy (non-hydrogen) atoms. The highest BCUT2D eigenvalue weighted by Crippen LogP contribution is 2.20. The van der Waals surface area contributed by atoms with E-state index < -0.39 is 0 Å². The first-order valence-corrected chi connectivity index (χ1v) is 9.70. The molecule has 3 heterocycles. The van der Waals surface area contributed by atoms with Crippen molar-refractivity contribution in [2.24, 2.45) is 0 Å². The maximum absolute atomic E-state index is 12.9. The van der Waals surface area contributed by atoms with Gasteiger partial charge in [-0.1, -0.05) is 12.1 Å². The minimum atomic E-state index is 0.119. The molecular weight excluding hydrogens is 342 g/mol. The minimum absolute atomic E-state index is 0.119. The fraction of sp³-hybridized carbons (Fsp3) is 0.500. The Bertz CT molecular complexity index is 735. The van der Waals surface area contributed by atoms with Gasteiger partial charge < -0.3 is 9.64 Å². The standard InChI is InChI=1S/C20H27N5O2/c26-20(18-3-1-2-17(14-18)19-15-21-22-16-19)25-8-6-23(7-9-25)4-5-24-10-12-27-13-11-24/h1-3,14-16H,4-13H2,(H,21,22). The molecule has 2 fully saturated rings. The fourth-order valence-electron chi connectivity index (χ4n) is 3.71. The molecule has 2 aromatic rings. The van der Waals surface area contributed by atoms with Gasteiger partial charge in [-0.05, 0) is 17.7 Å². The number of nitrogens with one attached hydrogen (secondary N) is 1. The van der Waals surface area contributed by atoms with Crippen LogP contribution in [0.4, 0.5) is 0 Å². The Morgan fingerprint density at radius 1 is 1.00 bits per heavy atom. The van der Waals surface area contributed by atoms with E-state index >= 15 is 0 Å². The average molecular weight is 369 g/mol. The van der Waals surface area contributed by atoms with Gasteiger partial charge in [0.1, 0.15) is 0 Å². The summed E-state index contributed by atoms with van der Waals surface area (Å²) in [6, 6.07) is 7.80. The number of aromatic amines is 1. The van der Waals surface area contributed by atoms with Gasteiger partial charge in [-0.15, -0.1) is 0 Å². The van der Waals surface area contributed by atoms with Crippen LogP contribution < -0.4 is 0 Å². The normalized spacial score (nSPS) is 19.3. The highest BCUT2D eigenvalue weighted by atomic mass is 16.5. The smallest absolute Gasteiger partial charge is 0.253 e. The zero-order valence-corrected chi connectivity index (χ0v) is 15.6. The molecule has 0 bridgehead atoms. The molecule has 0 saturated carbocycles. The Kier molecular flexibility index (Phi) is 5.81. The summed E-state index contributed by atoms with van der Waals surface area (Å²) in [4.78, 5) is 19.8. The maximum Gasteiger partial charge on any atom is 0.253 e. The lowest BCUT2D eigenvalue weighted by Gasteiger charge is -2.36. The summed E-state index contributed by atoms with van der Waals surface area (Å²) in [6.45, 7) is 9.38. The number of hydrogen-bond acceptors (Lipinski definition) is 5. The van der Waals surface area contributed by atoms with Crippen molar-refractivity contribution in [2.45, 2.75) is 0 Å². The van der Waals surface area contributed by atoms with Crippen LogP contribution in [0.2, 0.25) is 0 Å². The van der Waals surface area contributed by atoms with Crippen LogP contribution in [0, 0.1) is 0 Å². The molecule has 2 saturated heterocycles. The van der Waals surface area contributed by atoms with Crippen LogP contribution >= 0.6 is 0 Å². The van der Waals surface area contributed by atoms with Gasteiger partial charge >= 0.3 is 0 Å². The van der Waals surface area contributed by atoms with Crippen LogP contribution in [0.3, 0.4) is 0 Å². The SMILES string of the molecule is O=C(c1cccc(-c2cn[nH]c2)c1)N1CCN(CCN2CCOCC2)CC1. The second-order valence-corrected chi connectivity index (χ2v) is 7.16. The summed E-state index contributed by atoms with van der Waals surface area (Å²) in [5, 5.41) is 6.81. The van der Waals surface area contributed by atoms with E-state index in [1.165, 1.54) is 0 Å². The van der Waals surface area contributed by atoms with Crippen LogP contribution in [0.25, 0.3) is 11.1 Å². The summed E-state index contributed by atoms with van der Waals surface area (Å²) in [6.07, 6.45) is 3.62. The number of amides is 1. The number of carbonyl (C=O) groups is 1. The fourth-order valence-corrected chi connectivity index (χ4v) is 3.71. The number of rotatable bonds is 5. The molecule has 1 aromatic carbocycles. The van der Waals surface area contributed by atoms with Crippen molar-refractivity contribution < 1.29 is 9.53 Å². The summed E-state index contributed by atoms with van der Waals surface area (Å²) < 4.78 is 5.40. The van der Waals surface area contributed by atoms with E-state index in [0.29, 0.717) is 0 Å². The molecule has 0 atom stereocenters. The Hall–Kier alpha value is -2.22. The number of piperazine rings is 1. The number of aromatic nitrogens is 2. The van der Waals surface area contributed by atoms with Crippen LogP contribution in [0.1, 0.15) is 10.4 Å². The lowest BCUT2D eigenvalue weighted by atomic mass is 10.1. The largest absolute Gasteiger partial charge is 0.379 e. The van der Waals surface area contributed by atoms with Crippen molar-refractivity contribution in [2.75, 3.05) is 65.6 Å². The second-order valence-electron chi connectivity index (χ2n) is 7.16. The molecule has 0 spiro atoms. The highest BCUT2D eigenvalue weighted by Gasteiger charge is 2.23. The van der Waals surface area contributed by atoms with E-state index in [-0.39, 0.29) is 5.91 Å². The predicted molar refractivity (Wildman–Crippen MR) is 104 cm³/mol. The molecule has 7 nitrogen and oxygen atoms in total. The zero-order valence-electron chi connectivity index (χ0n) is 15.6. The Morgan fingerprint density at radius 3 is 2.44 bits per heavy atom. The number of carbonyl (C=O) groups excluding carboxylic acids is 1. The van der Waals surface area contributed by atoms with Crippen LogP contribution in [0.15, 0.2) is 36.7 Å². The van der Waals surface area contributed by atoms with Gasteiger partial charge in [0.25, 0.3) is 5.91 Å². The van der Waals surface area contributed by atoms with E-state index in [4.69, 9.17) is 4.74 Å². The quantitative estimate of drug-likeness (QED) is 0.857. The van der Waals surface area contributed by atoms with Crippen molar-refractivity contribution in [1.82, 2.24) is 24.9 Å². The predicted octanol–water partition coefficient (Wildman–Crippen LogP) is 1.17. The molecule has 4 rings (SSSR count). The third-order valence-corrected chi connectivity index (χ3v) is 5.44. The van der Waals surface area contributed by atoms with Crippen LogP contribution in [-0.4, -0.2) is 96.4 Å². The van der Waals surface area contributed by atoms with Gasteiger partial charge in [-0.2, -0.15) is 5.10 Å². The molecule has 7 heteroatoms. The third kappa shape index (κ3) is 4.55. The van der Waals surface area contributed by atoms with Crippen LogP contribution in [0.5, 0.6) is 0 Å². The topological polar surface area (TPSA) is 64.7 Å². The van der Waals surface area contributed by atoms with Crippen molar-refractivity contribution in [1.29, 1.82) is 0 Å². The van der Waals surface area contributed by atoms with Crippen molar-refractivity contribution >= 4 is 5.91 Å². The van der Waals surface area contributed by atoms with E-state index in [9.17, 15) is 4.79 Å². The number of hydrogen-bond donors (Lipinski definition) is 1. The average Bonchev–Trinajstić information content (AvgIpc) is 3.28. The highest BCUT2D eigenvalue weighted by molar-refractivity contribution is 5.95. The number of benzene rings is 1. The van der Waals surface area contributed by atoms with E-state index in [2.05, 4.69) is 20.0 Å². The molecule has 0 aliphatic carbocycles. The lowest BCUT2D eigenvalue weighted by molar-refractivity contribution is 0.0293. The monoisotopic (exact) mass is 369 g/mol. The van der Waals surface area contributed by atoms with E-state index in [1.54, 1.807) is 6.20 Å². The van der Waals surface area contributed by atoms with Gasteiger partial charge in [-0.3, -0.25) is 19.7 Å². The van der Waals surface area contributed by atoms with E-state index in [1.807, 2.05) is 35.4 Å². The molecule has 0 unspecified atom stereocenters. The second kappa shape index (κ2) is 8.65. The van der Waals surface area contributed by atoms with Crippen molar-refractivity contribution in [3.63, 3.8) is 0 Å². The van der Waals surface area contributed by atoms with Gasteiger partial charge in [-0.25, -0.2) is 0 Å². The van der Waals surface area contributed by atoms with Gasteiger partial charge in [0.2, 0.25) is 0 Å². The number of nitrogens with zero attached hydrogens (tertiary/aromatic N) is 4. The first-order valence-electron chi connectivity index (χ1n) is 9.70. The zero-order chi connectivity index (χ0) is 18.5. The molecule has 1 aromatic heterocycles. The summed E-state index contributed by atoms with van der Waals surface area (Å²) in [5.74, 6) is 0.119. The van der Waals surface area contributed by atoms with Crippen LogP contribution in [-0.2, 0) is 4.74 Å². The van der Waals surface area contributed by atoms with Gasteiger partial charge in [0.05, 0.1) is 19.4 Å². The Morgan fingerprint density at radius 2 is 1.74 bits per heavy atom. The van der Waals surface area contributed by atoms with Gasteiger partial charge in [0, 0.05) is 69.7 Å². The Labute approximate surface area is 159 Å². The molecule has 2 aliphatic heterocycles. The number of ether oxygens (including phenoxy) is 1. The van der Waals surface area contributed by atoms with Crippen molar-refractivity contribution in [3.05, 3.63) is 42.2 Å². The first-order chi connectivity index (χ1) is 13.3. The molecule has 1 N–H and O–H groups in total. The molecular formula is C20H27N5O2. The molecule has 0 radical (unpaired) electrons. The summed E-state index contributed by atoms with van der Waals surface area (Å²) in [7, 11) is 0. The first kappa shape index (κ1) is 18.2. The summed E-state index contributed by atoms with van der Waals surface area (Å²) >= 11 is 0. The van der Waals surface area contributed by atoms with Crippen molar-refractivity contribution in [3.8, 4) is 11.1 Å². The molecule has 2 aliphatic rings. The number of morpholine rings is 1.